The Labute approximate surface area is 178 Å². The third-order valence-electron chi connectivity index (χ3n) is 3.98. The van der Waals surface area contributed by atoms with E-state index in [0.29, 0.717) is 34.1 Å². The highest BCUT2D eigenvalue weighted by Crippen LogP contribution is 2.32. The molecule has 1 N–H and O–H groups in total. The number of thioether (sulfide) groups is 1. The number of benzene rings is 2. The van der Waals surface area contributed by atoms with Crippen molar-refractivity contribution in [1.29, 1.82) is 0 Å². The van der Waals surface area contributed by atoms with Gasteiger partial charge in [-0.3, -0.25) is 9.36 Å². The molecule has 0 aliphatic rings. The van der Waals surface area contributed by atoms with Crippen LogP contribution in [0, 0.1) is 0 Å². The van der Waals surface area contributed by atoms with Crippen LogP contribution in [0.25, 0.3) is 11.4 Å². The molecule has 0 aliphatic carbocycles. The number of hydrogen-bond acceptors (Lipinski definition) is 4. The molecule has 0 fully saturated rings. The minimum Gasteiger partial charge on any atom is -0.355 e. The largest absolute Gasteiger partial charge is 0.355 e. The molecule has 1 aromatic heterocycles. The lowest BCUT2D eigenvalue weighted by molar-refractivity contribution is -0.118. The van der Waals surface area contributed by atoms with Crippen molar-refractivity contribution in [2.45, 2.75) is 25.0 Å². The molecular formula is C20H20Cl2N4OS. The van der Waals surface area contributed by atoms with Gasteiger partial charge in [-0.05, 0) is 30.2 Å². The van der Waals surface area contributed by atoms with Gasteiger partial charge in [0.25, 0.3) is 0 Å². The lowest BCUT2D eigenvalue weighted by Crippen LogP contribution is -2.25. The zero-order valence-electron chi connectivity index (χ0n) is 15.4. The minimum atomic E-state index is -0.0211. The van der Waals surface area contributed by atoms with Crippen LogP contribution < -0.4 is 5.32 Å². The van der Waals surface area contributed by atoms with Gasteiger partial charge in [0, 0.05) is 17.1 Å². The molecule has 2 aromatic carbocycles. The van der Waals surface area contributed by atoms with Gasteiger partial charge >= 0.3 is 0 Å². The summed E-state index contributed by atoms with van der Waals surface area (Å²) in [6.07, 6.45) is 0.903. The third kappa shape index (κ3) is 5.28. The number of carbonyl (C=O) groups is 1. The second-order valence-corrected chi connectivity index (χ2v) is 7.93. The van der Waals surface area contributed by atoms with Gasteiger partial charge in [-0.15, -0.1) is 10.2 Å². The summed E-state index contributed by atoms with van der Waals surface area (Å²) in [6, 6.07) is 15.3. The zero-order chi connectivity index (χ0) is 19.9. The van der Waals surface area contributed by atoms with E-state index in [0.717, 1.165) is 17.5 Å². The Balaban J connectivity index is 1.91. The van der Waals surface area contributed by atoms with Crippen molar-refractivity contribution >= 4 is 40.9 Å². The first-order valence-corrected chi connectivity index (χ1v) is 10.6. The van der Waals surface area contributed by atoms with Gasteiger partial charge in [0.1, 0.15) is 0 Å². The van der Waals surface area contributed by atoms with Crippen molar-refractivity contribution in [2.24, 2.45) is 0 Å². The van der Waals surface area contributed by atoms with Crippen molar-refractivity contribution in [1.82, 2.24) is 20.1 Å². The lowest BCUT2D eigenvalue weighted by atomic mass is 10.2. The zero-order valence-corrected chi connectivity index (χ0v) is 17.7. The molecule has 0 spiro atoms. The van der Waals surface area contributed by atoms with Crippen LogP contribution in [0.5, 0.6) is 0 Å². The van der Waals surface area contributed by atoms with Gasteiger partial charge in [-0.25, -0.2) is 0 Å². The summed E-state index contributed by atoms with van der Waals surface area (Å²) in [5.41, 5.74) is 1.85. The number of halogens is 2. The van der Waals surface area contributed by atoms with Crippen LogP contribution in [0.4, 0.5) is 0 Å². The summed E-state index contributed by atoms with van der Waals surface area (Å²) in [5, 5.41) is 13.3. The van der Waals surface area contributed by atoms with Gasteiger partial charge in [0.05, 0.1) is 17.3 Å². The number of nitrogens with zero attached hydrogens (tertiary/aromatic N) is 3. The fraction of sp³-hybridized carbons (Fsp3) is 0.250. The van der Waals surface area contributed by atoms with E-state index in [1.165, 1.54) is 11.8 Å². The Bertz CT molecular complexity index is 947. The molecular weight excluding hydrogens is 415 g/mol. The van der Waals surface area contributed by atoms with E-state index in [4.69, 9.17) is 23.2 Å². The molecule has 0 saturated carbocycles. The molecule has 1 heterocycles. The molecule has 0 aliphatic heterocycles. The summed E-state index contributed by atoms with van der Waals surface area (Å²) in [6.45, 7) is 3.26. The molecule has 28 heavy (non-hydrogen) atoms. The Morgan fingerprint density at radius 1 is 1.14 bits per heavy atom. The Hall–Kier alpha value is -2.02. The summed E-state index contributed by atoms with van der Waals surface area (Å²) in [4.78, 5) is 12.0. The number of amides is 1. The van der Waals surface area contributed by atoms with Crippen molar-refractivity contribution in [3.05, 3.63) is 64.1 Å². The van der Waals surface area contributed by atoms with Gasteiger partial charge < -0.3 is 5.32 Å². The van der Waals surface area contributed by atoms with Crippen LogP contribution in [0.15, 0.2) is 53.7 Å². The van der Waals surface area contributed by atoms with E-state index < -0.39 is 0 Å². The molecule has 5 nitrogen and oxygen atoms in total. The van der Waals surface area contributed by atoms with Crippen molar-refractivity contribution in [2.75, 3.05) is 12.3 Å². The fourth-order valence-electron chi connectivity index (χ4n) is 2.62. The molecule has 1 amide bonds. The lowest BCUT2D eigenvalue weighted by Gasteiger charge is -2.11. The smallest absolute Gasteiger partial charge is 0.230 e. The molecule has 0 unspecified atom stereocenters. The molecule has 0 atom stereocenters. The van der Waals surface area contributed by atoms with Crippen LogP contribution >= 0.6 is 35.0 Å². The monoisotopic (exact) mass is 434 g/mol. The van der Waals surface area contributed by atoms with E-state index in [1.807, 2.05) is 47.9 Å². The number of nitrogens with one attached hydrogen (secondary N) is 1. The van der Waals surface area contributed by atoms with Crippen LogP contribution in [-0.4, -0.2) is 33.0 Å². The molecule has 3 rings (SSSR count). The van der Waals surface area contributed by atoms with Crippen molar-refractivity contribution < 1.29 is 4.79 Å². The standard InChI is InChI=1S/C20H20Cl2N4OS/c1-2-10-23-18(27)13-28-20-25-24-19(16-9-8-15(21)11-17(16)22)26(20)12-14-6-4-3-5-7-14/h3-9,11H,2,10,12-13H2,1H3,(H,23,27). The van der Waals surface area contributed by atoms with E-state index in [2.05, 4.69) is 15.5 Å². The Morgan fingerprint density at radius 2 is 1.93 bits per heavy atom. The van der Waals surface area contributed by atoms with E-state index in [-0.39, 0.29) is 11.7 Å². The predicted octanol–water partition coefficient (Wildman–Crippen LogP) is 4.92. The van der Waals surface area contributed by atoms with E-state index in [9.17, 15) is 4.79 Å². The summed E-state index contributed by atoms with van der Waals surface area (Å²) in [5.74, 6) is 0.899. The first-order chi connectivity index (χ1) is 13.6. The molecule has 8 heteroatoms. The van der Waals surface area contributed by atoms with Gasteiger partial charge in [-0.2, -0.15) is 0 Å². The summed E-state index contributed by atoms with van der Waals surface area (Å²) < 4.78 is 1.97. The second kappa shape index (κ2) is 9.96. The van der Waals surface area contributed by atoms with Crippen molar-refractivity contribution in [3.63, 3.8) is 0 Å². The number of rotatable bonds is 8. The molecule has 146 valence electrons. The molecule has 3 aromatic rings. The molecule has 0 bridgehead atoms. The maximum absolute atomic E-state index is 12.0. The quantitative estimate of drug-likeness (QED) is 0.511. The minimum absolute atomic E-state index is 0.0211. The SMILES string of the molecule is CCCNC(=O)CSc1nnc(-c2ccc(Cl)cc2Cl)n1Cc1ccccc1. The molecule has 0 saturated heterocycles. The topological polar surface area (TPSA) is 59.8 Å². The van der Waals surface area contributed by atoms with Crippen LogP contribution in [-0.2, 0) is 11.3 Å². The number of aromatic nitrogens is 3. The number of carbonyl (C=O) groups excluding carboxylic acids is 1. The highest BCUT2D eigenvalue weighted by atomic mass is 35.5. The highest BCUT2D eigenvalue weighted by Gasteiger charge is 2.18. The third-order valence-corrected chi connectivity index (χ3v) is 5.49. The van der Waals surface area contributed by atoms with Gasteiger partial charge in [-0.1, -0.05) is 72.2 Å². The van der Waals surface area contributed by atoms with E-state index >= 15 is 0 Å². The first kappa shape index (κ1) is 20.7. The summed E-state index contributed by atoms with van der Waals surface area (Å²) >= 11 is 13.8. The number of hydrogen-bond donors (Lipinski definition) is 1. The maximum atomic E-state index is 12.0. The normalized spacial score (nSPS) is 10.8. The first-order valence-electron chi connectivity index (χ1n) is 8.90. The average molecular weight is 435 g/mol. The Morgan fingerprint density at radius 3 is 2.64 bits per heavy atom. The highest BCUT2D eigenvalue weighted by molar-refractivity contribution is 7.99. The fourth-order valence-corrected chi connectivity index (χ4v) is 3.88. The van der Waals surface area contributed by atoms with Gasteiger partial charge in [0.15, 0.2) is 11.0 Å². The second-order valence-electron chi connectivity index (χ2n) is 6.14. The average Bonchev–Trinajstić information content (AvgIpc) is 3.08. The van der Waals surface area contributed by atoms with Gasteiger partial charge in [0.2, 0.25) is 5.91 Å². The maximum Gasteiger partial charge on any atom is 0.230 e. The predicted molar refractivity (Wildman–Crippen MR) is 115 cm³/mol. The molecule has 0 radical (unpaired) electrons. The van der Waals surface area contributed by atoms with Crippen LogP contribution in [0.3, 0.4) is 0 Å². The van der Waals surface area contributed by atoms with Crippen LogP contribution in [0.1, 0.15) is 18.9 Å². The van der Waals surface area contributed by atoms with Crippen LogP contribution in [0.2, 0.25) is 10.0 Å². The van der Waals surface area contributed by atoms with E-state index in [1.54, 1.807) is 12.1 Å². The Kier molecular flexibility index (Phi) is 7.36. The van der Waals surface area contributed by atoms with Crippen molar-refractivity contribution in [3.8, 4) is 11.4 Å². The summed E-state index contributed by atoms with van der Waals surface area (Å²) in [7, 11) is 0.